The summed E-state index contributed by atoms with van der Waals surface area (Å²) in [4.78, 5) is 16.9. The zero-order valence-corrected chi connectivity index (χ0v) is 18.9. The zero-order chi connectivity index (χ0) is 21.6. The number of aromatic nitrogens is 4. The number of pyridine rings is 1. The highest BCUT2D eigenvalue weighted by Gasteiger charge is 2.30. The number of rotatable bonds is 8. The van der Waals surface area contributed by atoms with E-state index in [-0.39, 0.29) is 11.7 Å². The molecule has 1 aliphatic carbocycles. The summed E-state index contributed by atoms with van der Waals surface area (Å²) in [7, 11) is 0. The lowest BCUT2D eigenvalue weighted by Crippen LogP contribution is -2.47. The Morgan fingerprint density at radius 3 is 2.73 bits per heavy atom. The molecule has 2 aromatic rings. The largest absolute Gasteiger partial charge is 0.339 e. The van der Waals surface area contributed by atoms with Gasteiger partial charge in [0, 0.05) is 24.0 Å². The number of nitrogens with zero attached hydrogens (tertiary/aromatic N) is 4. The molecule has 3 rings (SSSR count). The SMILES string of the molecule is C#CC(CC)(CC)NC(=O)CSc1nnc(-c2cccnc2)n1[C@H]1CCCC[C@H]1C. The lowest BCUT2D eigenvalue weighted by Gasteiger charge is -2.31. The molecule has 0 radical (unpaired) electrons. The first-order chi connectivity index (χ1) is 14.5. The van der Waals surface area contributed by atoms with Gasteiger partial charge in [0.1, 0.15) is 5.54 Å². The van der Waals surface area contributed by atoms with Crippen LogP contribution in [0.1, 0.15) is 65.3 Å². The van der Waals surface area contributed by atoms with Gasteiger partial charge in [-0.25, -0.2) is 0 Å². The molecule has 2 heterocycles. The monoisotopic (exact) mass is 425 g/mol. The first-order valence-corrected chi connectivity index (χ1v) is 11.8. The summed E-state index contributed by atoms with van der Waals surface area (Å²) >= 11 is 1.43. The molecule has 160 valence electrons. The maximum atomic E-state index is 12.6. The van der Waals surface area contributed by atoms with Crippen LogP contribution in [0.4, 0.5) is 0 Å². The molecule has 1 aliphatic rings. The third kappa shape index (κ3) is 4.86. The molecule has 0 bridgehead atoms. The first kappa shape index (κ1) is 22.4. The fourth-order valence-corrected chi connectivity index (χ4v) is 4.94. The number of terminal acetylenes is 1. The van der Waals surface area contributed by atoms with Crippen molar-refractivity contribution in [3.05, 3.63) is 24.5 Å². The van der Waals surface area contributed by atoms with E-state index in [1.165, 1.54) is 31.0 Å². The van der Waals surface area contributed by atoms with Gasteiger partial charge >= 0.3 is 0 Å². The standard InChI is InChI=1S/C23H31N5OS/c1-5-23(6-2,7-3)25-20(29)16-30-22-27-26-21(18-12-10-14-24-15-18)28(22)19-13-9-8-11-17(19)4/h1,10,12,14-15,17,19H,6-9,11,13,16H2,2-4H3,(H,25,29)/t17-,19+/m1/s1. The van der Waals surface area contributed by atoms with E-state index in [4.69, 9.17) is 6.42 Å². The first-order valence-electron chi connectivity index (χ1n) is 10.8. The smallest absolute Gasteiger partial charge is 0.231 e. The molecule has 0 aliphatic heterocycles. The number of amides is 1. The number of carbonyl (C=O) groups excluding carboxylic acids is 1. The van der Waals surface area contributed by atoms with Crippen LogP contribution in [-0.4, -0.2) is 36.9 Å². The van der Waals surface area contributed by atoms with E-state index in [1.807, 2.05) is 32.2 Å². The third-order valence-corrected chi connectivity index (χ3v) is 7.12. The Morgan fingerprint density at radius 1 is 1.33 bits per heavy atom. The molecule has 6 nitrogen and oxygen atoms in total. The molecule has 30 heavy (non-hydrogen) atoms. The molecule has 0 aromatic carbocycles. The minimum atomic E-state index is -0.579. The third-order valence-electron chi connectivity index (χ3n) is 6.18. The van der Waals surface area contributed by atoms with E-state index in [0.717, 1.165) is 23.0 Å². The fraction of sp³-hybridized carbons (Fsp3) is 0.565. The lowest BCUT2D eigenvalue weighted by molar-refractivity contribution is -0.119. The Hall–Kier alpha value is -2.33. The molecule has 1 N–H and O–H groups in total. The van der Waals surface area contributed by atoms with Crippen molar-refractivity contribution < 1.29 is 4.79 Å². The van der Waals surface area contributed by atoms with Crippen LogP contribution >= 0.6 is 11.8 Å². The Labute approximate surface area is 183 Å². The number of carbonyl (C=O) groups is 1. The van der Waals surface area contributed by atoms with Crippen LogP contribution in [0.25, 0.3) is 11.4 Å². The van der Waals surface area contributed by atoms with Crippen molar-refractivity contribution in [3.63, 3.8) is 0 Å². The summed E-state index contributed by atoms with van der Waals surface area (Å²) < 4.78 is 2.23. The second-order valence-corrected chi connectivity index (χ2v) is 8.96. The van der Waals surface area contributed by atoms with E-state index < -0.39 is 5.54 Å². The number of thioether (sulfide) groups is 1. The van der Waals surface area contributed by atoms with Crippen molar-refractivity contribution in [2.24, 2.45) is 5.92 Å². The summed E-state index contributed by atoms with van der Waals surface area (Å²) in [6, 6.07) is 4.24. The minimum absolute atomic E-state index is 0.0733. The topological polar surface area (TPSA) is 72.7 Å². The molecular formula is C23H31N5OS. The van der Waals surface area contributed by atoms with Crippen LogP contribution in [0.5, 0.6) is 0 Å². The van der Waals surface area contributed by atoms with Gasteiger partial charge < -0.3 is 5.32 Å². The molecule has 1 saturated carbocycles. The average Bonchev–Trinajstić information content (AvgIpc) is 3.21. The summed E-state index contributed by atoms with van der Waals surface area (Å²) in [5, 5.41) is 12.8. The molecule has 0 spiro atoms. The molecular weight excluding hydrogens is 394 g/mol. The van der Waals surface area contributed by atoms with Gasteiger partial charge in [0.25, 0.3) is 0 Å². The molecule has 0 unspecified atom stereocenters. The fourth-order valence-electron chi connectivity index (χ4n) is 4.15. The van der Waals surface area contributed by atoms with Crippen LogP contribution < -0.4 is 5.32 Å². The number of hydrogen-bond donors (Lipinski definition) is 1. The van der Waals surface area contributed by atoms with E-state index in [1.54, 1.807) is 6.20 Å². The van der Waals surface area contributed by atoms with Gasteiger partial charge in [-0.2, -0.15) is 0 Å². The van der Waals surface area contributed by atoms with E-state index >= 15 is 0 Å². The van der Waals surface area contributed by atoms with Crippen LogP contribution in [0.2, 0.25) is 0 Å². The zero-order valence-electron chi connectivity index (χ0n) is 18.1. The maximum absolute atomic E-state index is 12.6. The van der Waals surface area contributed by atoms with Gasteiger partial charge in [-0.1, -0.05) is 51.3 Å². The summed E-state index contributed by atoms with van der Waals surface area (Å²) in [5.74, 6) is 4.30. The normalized spacial score (nSPS) is 19.3. The van der Waals surface area contributed by atoms with Gasteiger partial charge in [0.2, 0.25) is 5.91 Å². The van der Waals surface area contributed by atoms with Crippen molar-refractivity contribution in [1.82, 2.24) is 25.1 Å². The highest BCUT2D eigenvalue weighted by molar-refractivity contribution is 7.99. The van der Waals surface area contributed by atoms with Gasteiger partial charge in [-0.05, 0) is 43.7 Å². The van der Waals surface area contributed by atoms with E-state index in [0.29, 0.717) is 24.8 Å². The van der Waals surface area contributed by atoms with Gasteiger partial charge in [-0.15, -0.1) is 16.6 Å². The predicted octanol–water partition coefficient (Wildman–Crippen LogP) is 4.49. The average molecular weight is 426 g/mol. The van der Waals surface area contributed by atoms with Crippen LogP contribution in [-0.2, 0) is 4.79 Å². The molecule has 2 atom stereocenters. The molecule has 1 fully saturated rings. The second-order valence-electron chi connectivity index (χ2n) is 8.02. The van der Waals surface area contributed by atoms with E-state index in [2.05, 4.69) is 37.9 Å². The highest BCUT2D eigenvalue weighted by atomic mass is 32.2. The lowest BCUT2D eigenvalue weighted by atomic mass is 9.85. The summed E-state index contributed by atoms with van der Waals surface area (Å²) in [5.41, 5.74) is 0.367. The van der Waals surface area contributed by atoms with Crippen molar-refractivity contribution in [3.8, 4) is 23.7 Å². The Balaban J connectivity index is 1.83. The van der Waals surface area contributed by atoms with Crippen molar-refractivity contribution >= 4 is 17.7 Å². The maximum Gasteiger partial charge on any atom is 0.231 e. The quantitative estimate of drug-likeness (QED) is 0.498. The Bertz CT molecular complexity index is 885. The van der Waals surface area contributed by atoms with Crippen molar-refractivity contribution in [2.45, 2.75) is 76.0 Å². The van der Waals surface area contributed by atoms with Gasteiger partial charge in [-0.3, -0.25) is 14.3 Å². The number of nitrogens with one attached hydrogen (secondary N) is 1. The Morgan fingerprint density at radius 2 is 2.10 bits per heavy atom. The second kappa shape index (κ2) is 10.1. The van der Waals surface area contributed by atoms with Crippen molar-refractivity contribution in [2.75, 3.05) is 5.75 Å². The van der Waals surface area contributed by atoms with E-state index in [9.17, 15) is 4.79 Å². The van der Waals surface area contributed by atoms with Gasteiger partial charge in [0.05, 0.1) is 5.75 Å². The van der Waals surface area contributed by atoms with Crippen molar-refractivity contribution in [1.29, 1.82) is 0 Å². The van der Waals surface area contributed by atoms with Crippen LogP contribution in [0.15, 0.2) is 29.7 Å². The number of hydrogen-bond acceptors (Lipinski definition) is 5. The summed E-state index contributed by atoms with van der Waals surface area (Å²) in [6.07, 6.45) is 15.4. The minimum Gasteiger partial charge on any atom is -0.339 e. The molecule has 1 amide bonds. The summed E-state index contributed by atoms with van der Waals surface area (Å²) in [6.45, 7) is 6.29. The molecule has 7 heteroatoms. The van der Waals surface area contributed by atoms with Crippen LogP contribution in [0, 0.1) is 18.3 Å². The Kier molecular flexibility index (Phi) is 7.54. The molecule has 2 aromatic heterocycles. The van der Waals surface area contributed by atoms with Gasteiger partial charge in [0.15, 0.2) is 11.0 Å². The highest BCUT2D eigenvalue weighted by Crippen LogP contribution is 2.38. The van der Waals surface area contributed by atoms with Crippen LogP contribution in [0.3, 0.4) is 0 Å². The predicted molar refractivity (Wildman–Crippen MR) is 121 cm³/mol. The molecule has 0 saturated heterocycles.